The third kappa shape index (κ3) is 2.51. The lowest BCUT2D eigenvalue weighted by atomic mass is 10.1. The number of nitrogens with zero attached hydrogens (tertiary/aromatic N) is 2. The molecule has 0 N–H and O–H groups in total. The smallest absolute Gasteiger partial charge is 0.143 e. The van der Waals surface area contributed by atoms with Gasteiger partial charge >= 0.3 is 0 Å². The van der Waals surface area contributed by atoms with Crippen LogP contribution in [-0.4, -0.2) is 36.0 Å². The van der Waals surface area contributed by atoms with E-state index in [4.69, 9.17) is 4.74 Å². The zero-order valence-corrected chi connectivity index (χ0v) is 11.5. The monoisotopic (exact) mass is 246 g/mol. The molecule has 0 aliphatic heterocycles. The predicted octanol–water partition coefficient (Wildman–Crippen LogP) is 2.83. The quantitative estimate of drug-likeness (QED) is 0.779. The fourth-order valence-corrected chi connectivity index (χ4v) is 2.39. The molecule has 0 amide bonds. The van der Waals surface area contributed by atoms with Gasteiger partial charge < -0.3 is 14.0 Å². The van der Waals surface area contributed by atoms with Crippen molar-refractivity contribution in [3.8, 4) is 5.75 Å². The summed E-state index contributed by atoms with van der Waals surface area (Å²) in [6, 6.07) is 6.23. The number of pyridine rings is 1. The normalized spacial score (nSPS) is 11.3. The molecule has 2 aromatic heterocycles. The second-order valence-electron chi connectivity index (χ2n) is 4.45. The number of hydrogen-bond donors (Lipinski definition) is 0. The SMILES string of the molecule is CCN(CC)CCc1ccn2cccc(OC)c12. The predicted molar refractivity (Wildman–Crippen MR) is 75.4 cm³/mol. The van der Waals surface area contributed by atoms with Gasteiger partial charge in [-0.3, -0.25) is 0 Å². The summed E-state index contributed by atoms with van der Waals surface area (Å²) in [6.45, 7) is 7.74. The lowest BCUT2D eigenvalue weighted by Gasteiger charge is -2.17. The first-order chi connectivity index (χ1) is 8.80. The van der Waals surface area contributed by atoms with E-state index in [9.17, 15) is 0 Å². The second-order valence-corrected chi connectivity index (χ2v) is 4.45. The van der Waals surface area contributed by atoms with Crippen LogP contribution in [0.4, 0.5) is 0 Å². The molecule has 0 spiro atoms. The topological polar surface area (TPSA) is 16.9 Å². The standard InChI is InChI=1S/C15H22N2O/c1-4-16(5-2)11-8-13-9-12-17-10-6-7-14(18-3)15(13)17/h6-7,9-10,12H,4-5,8,11H2,1-3H3. The molecule has 2 rings (SSSR count). The summed E-state index contributed by atoms with van der Waals surface area (Å²) in [5, 5.41) is 0. The van der Waals surface area contributed by atoms with Crippen molar-refractivity contribution in [2.45, 2.75) is 20.3 Å². The Hall–Kier alpha value is -1.48. The van der Waals surface area contributed by atoms with Crippen molar-refractivity contribution in [2.24, 2.45) is 0 Å². The molecule has 3 heteroatoms. The number of methoxy groups -OCH3 is 1. The third-order valence-electron chi connectivity index (χ3n) is 3.54. The molecule has 0 atom stereocenters. The number of rotatable bonds is 6. The van der Waals surface area contributed by atoms with Gasteiger partial charge in [0.1, 0.15) is 5.75 Å². The molecule has 98 valence electrons. The summed E-state index contributed by atoms with van der Waals surface area (Å²) < 4.78 is 7.59. The first-order valence-electron chi connectivity index (χ1n) is 6.65. The van der Waals surface area contributed by atoms with E-state index in [0.29, 0.717) is 0 Å². The van der Waals surface area contributed by atoms with Crippen LogP contribution >= 0.6 is 0 Å². The van der Waals surface area contributed by atoms with E-state index < -0.39 is 0 Å². The van der Waals surface area contributed by atoms with Gasteiger partial charge in [-0.05, 0) is 43.3 Å². The maximum absolute atomic E-state index is 5.45. The van der Waals surface area contributed by atoms with E-state index in [1.807, 2.05) is 12.1 Å². The lowest BCUT2D eigenvalue weighted by molar-refractivity contribution is 0.308. The third-order valence-corrected chi connectivity index (χ3v) is 3.54. The minimum Gasteiger partial charge on any atom is -0.495 e. The summed E-state index contributed by atoms with van der Waals surface area (Å²) in [5.74, 6) is 0.956. The van der Waals surface area contributed by atoms with Crippen LogP contribution in [0.15, 0.2) is 30.6 Å². The van der Waals surface area contributed by atoms with Crippen molar-refractivity contribution in [3.05, 3.63) is 36.2 Å². The van der Waals surface area contributed by atoms with E-state index in [-0.39, 0.29) is 0 Å². The van der Waals surface area contributed by atoms with Crippen molar-refractivity contribution in [1.29, 1.82) is 0 Å². The van der Waals surface area contributed by atoms with Crippen LogP contribution in [0.1, 0.15) is 19.4 Å². The van der Waals surface area contributed by atoms with E-state index >= 15 is 0 Å². The summed E-state index contributed by atoms with van der Waals surface area (Å²) in [6.07, 6.45) is 5.24. The molecule has 0 radical (unpaired) electrons. The molecule has 0 bridgehead atoms. The van der Waals surface area contributed by atoms with Gasteiger partial charge in [0.2, 0.25) is 0 Å². The Bertz CT molecular complexity index is 500. The molecule has 0 fully saturated rings. The van der Waals surface area contributed by atoms with Crippen LogP contribution in [0.3, 0.4) is 0 Å². The Labute approximate surface area is 109 Å². The summed E-state index contributed by atoms with van der Waals surface area (Å²) >= 11 is 0. The number of likely N-dealkylation sites (N-methyl/N-ethyl adjacent to an activating group) is 1. The van der Waals surface area contributed by atoms with Gasteiger partial charge in [-0.25, -0.2) is 0 Å². The van der Waals surface area contributed by atoms with Crippen molar-refractivity contribution >= 4 is 5.52 Å². The number of fused-ring (bicyclic) bond motifs is 1. The lowest BCUT2D eigenvalue weighted by Crippen LogP contribution is -2.25. The highest BCUT2D eigenvalue weighted by atomic mass is 16.5. The molecule has 3 nitrogen and oxygen atoms in total. The Balaban J connectivity index is 2.23. The molecule has 0 saturated heterocycles. The minimum absolute atomic E-state index is 0.956. The van der Waals surface area contributed by atoms with Gasteiger partial charge in [0.05, 0.1) is 12.6 Å². The number of ether oxygens (including phenoxy) is 1. The van der Waals surface area contributed by atoms with Gasteiger partial charge in [-0.1, -0.05) is 13.8 Å². The Morgan fingerprint density at radius 2 is 1.94 bits per heavy atom. The molecule has 0 aliphatic rings. The van der Waals surface area contributed by atoms with Gasteiger partial charge in [-0.15, -0.1) is 0 Å². The van der Waals surface area contributed by atoms with Crippen LogP contribution in [0.25, 0.3) is 5.52 Å². The zero-order chi connectivity index (χ0) is 13.0. The average Bonchev–Trinajstić information content (AvgIpc) is 2.83. The molecule has 18 heavy (non-hydrogen) atoms. The zero-order valence-electron chi connectivity index (χ0n) is 11.5. The Morgan fingerprint density at radius 3 is 2.61 bits per heavy atom. The van der Waals surface area contributed by atoms with Gasteiger partial charge in [-0.2, -0.15) is 0 Å². The highest BCUT2D eigenvalue weighted by Gasteiger charge is 2.09. The fraction of sp³-hybridized carbons (Fsp3) is 0.467. The van der Waals surface area contributed by atoms with Crippen LogP contribution < -0.4 is 4.74 Å². The van der Waals surface area contributed by atoms with Crippen LogP contribution in [0.5, 0.6) is 5.75 Å². The Kier molecular flexibility index (Phi) is 4.26. The van der Waals surface area contributed by atoms with Crippen LogP contribution in [0.2, 0.25) is 0 Å². The fourth-order valence-electron chi connectivity index (χ4n) is 2.39. The maximum atomic E-state index is 5.45. The maximum Gasteiger partial charge on any atom is 0.143 e. The highest BCUT2D eigenvalue weighted by Crippen LogP contribution is 2.24. The largest absolute Gasteiger partial charge is 0.495 e. The van der Waals surface area contributed by atoms with Gasteiger partial charge in [0, 0.05) is 18.9 Å². The van der Waals surface area contributed by atoms with Crippen LogP contribution in [-0.2, 0) is 6.42 Å². The van der Waals surface area contributed by atoms with E-state index in [1.54, 1.807) is 7.11 Å². The highest BCUT2D eigenvalue weighted by molar-refractivity contribution is 5.66. The van der Waals surface area contributed by atoms with Crippen molar-refractivity contribution in [3.63, 3.8) is 0 Å². The summed E-state index contributed by atoms with van der Waals surface area (Å²) in [5.41, 5.74) is 2.56. The van der Waals surface area contributed by atoms with Crippen molar-refractivity contribution < 1.29 is 4.74 Å². The van der Waals surface area contributed by atoms with Gasteiger partial charge in [0.15, 0.2) is 0 Å². The van der Waals surface area contributed by atoms with E-state index in [1.165, 1.54) is 11.1 Å². The molecule has 0 unspecified atom stereocenters. The minimum atomic E-state index is 0.956. The van der Waals surface area contributed by atoms with Gasteiger partial charge in [0.25, 0.3) is 0 Å². The van der Waals surface area contributed by atoms with E-state index in [0.717, 1.165) is 31.8 Å². The first-order valence-corrected chi connectivity index (χ1v) is 6.65. The molecule has 0 saturated carbocycles. The van der Waals surface area contributed by atoms with E-state index in [2.05, 4.69) is 41.6 Å². The Morgan fingerprint density at radius 1 is 1.17 bits per heavy atom. The first kappa shape index (κ1) is 13.0. The summed E-state index contributed by atoms with van der Waals surface area (Å²) in [7, 11) is 1.73. The molecule has 0 aromatic carbocycles. The van der Waals surface area contributed by atoms with Crippen molar-refractivity contribution in [2.75, 3.05) is 26.7 Å². The number of aromatic nitrogens is 1. The molecule has 2 heterocycles. The molecular weight excluding hydrogens is 224 g/mol. The summed E-state index contributed by atoms with van der Waals surface area (Å²) in [4.78, 5) is 2.44. The average molecular weight is 246 g/mol. The van der Waals surface area contributed by atoms with Crippen molar-refractivity contribution in [1.82, 2.24) is 9.30 Å². The molecular formula is C15H22N2O. The number of hydrogen-bond acceptors (Lipinski definition) is 2. The molecule has 2 aromatic rings. The van der Waals surface area contributed by atoms with Crippen LogP contribution in [0, 0.1) is 0 Å². The molecule has 0 aliphatic carbocycles. The second kappa shape index (κ2) is 5.91.